The van der Waals surface area contributed by atoms with Crippen LogP contribution in [0.25, 0.3) is 0 Å². The summed E-state index contributed by atoms with van der Waals surface area (Å²) in [6.45, 7) is 3.27. The van der Waals surface area contributed by atoms with Crippen LogP contribution in [-0.4, -0.2) is 36.1 Å². The molecule has 1 fully saturated rings. The van der Waals surface area contributed by atoms with Gasteiger partial charge in [-0.2, -0.15) is 0 Å². The van der Waals surface area contributed by atoms with E-state index < -0.39 is 5.82 Å². The minimum absolute atomic E-state index is 0.106. The van der Waals surface area contributed by atoms with Crippen molar-refractivity contribution in [2.24, 2.45) is 0 Å². The summed E-state index contributed by atoms with van der Waals surface area (Å²) in [4.78, 5) is 12.9. The summed E-state index contributed by atoms with van der Waals surface area (Å²) in [5.74, 6) is 0.658. The fourth-order valence-electron chi connectivity index (χ4n) is 2.21. The molecule has 3 rings (SSSR count). The maximum atomic E-state index is 13.1. The smallest absolute Gasteiger partial charge is 0.185 e. The van der Waals surface area contributed by atoms with Gasteiger partial charge in [-0.15, -0.1) is 22.9 Å². The molecule has 1 aliphatic heterocycles. The third kappa shape index (κ3) is 3.22. The lowest BCUT2D eigenvalue weighted by Gasteiger charge is -2.35. The van der Waals surface area contributed by atoms with Crippen molar-refractivity contribution in [2.75, 3.05) is 36.0 Å². The number of halogens is 3. The van der Waals surface area contributed by atoms with Crippen LogP contribution >= 0.6 is 34.5 Å². The van der Waals surface area contributed by atoms with Crippen molar-refractivity contribution < 1.29 is 4.39 Å². The van der Waals surface area contributed by atoms with Crippen molar-refractivity contribution in [3.8, 4) is 0 Å². The SMILES string of the molecule is Fc1cnc(N2CCN(c3nc(CCl)cs3)CC2)cc1Cl. The van der Waals surface area contributed by atoms with Gasteiger partial charge in [0.2, 0.25) is 0 Å². The maximum absolute atomic E-state index is 13.1. The van der Waals surface area contributed by atoms with Gasteiger partial charge in [0.05, 0.1) is 22.8 Å². The molecule has 0 amide bonds. The topological polar surface area (TPSA) is 32.3 Å². The molecule has 0 saturated carbocycles. The van der Waals surface area contributed by atoms with E-state index in [2.05, 4.69) is 19.8 Å². The van der Waals surface area contributed by atoms with Crippen LogP contribution in [0.2, 0.25) is 5.02 Å². The Bertz CT molecular complexity index is 628. The highest BCUT2D eigenvalue weighted by molar-refractivity contribution is 7.13. The summed E-state index contributed by atoms with van der Waals surface area (Å²) in [6, 6.07) is 1.57. The molecule has 1 aliphatic rings. The molecule has 0 bridgehead atoms. The van der Waals surface area contributed by atoms with Crippen molar-refractivity contribution in [2.45, 2.75) is 5.88 Å². The Hall–Kier alpha value is -1.11. The number of hydrogen-bond donors (Lipinski definition) is 0. The standard InChI is InChI=1S/C13H13Cl2FN4S/c14-6-9-8-21-13(18-9)20-3-1-19(2-4-20)12-5-10(15)11(16)7-17-12/h5,7-8H,1-4,6H2. The first kappa shape index (κ1) is 14.8. The molecule has 3 heterocycles. The molecule has 0 unspecified atom stereocenters. The van der Waals surface area contributed by atoms with E-state index in [9.17, 15) is 4.39 Å². The second-order valence-electron chi connectivity index (χ2n) is 4.69. The van der Waals surface area contributed by atoms with Crippen molar-refractivity contribution in [3.63, 3.8) is 0 Å². The number of piperazine rings is 1. The Kier molecular flexibility index (Phi) is 4.47. The fourth-order valence-corrected chi connectivity index (χ4v) is 3.46. The third-order valence-corrected chi connectivity index (χ3v) is 4.86. The summed E-state index contributed by atoms with van der Waals surface area (Å²) in [6.07, 6.45) is 1.16. The Morgan fingerprint density at radius 3 is 2.57 bits per heavy atom. The van der Waals surface area contributed by atoms with Crippen molar-refractivity contribution in [3.05, 3.63) is 34.2 Å². The minimum atomic E-state index is -0.490. The predicted octanol–water partition coefficient (Wildman–Crippen LogP) is 3.40. The van der Waals surface area contributed by atoms with Crippen LogP contribution in [0.5, 0.6) is 0 Å². The first-order valence-electron chi connectivity index (χ1n) is 6.48. The highest BCUT2D eigenvalue weighted by atomic mass is 35.5. The molecule has 0 atom stereocenters. The average molecular weight is 347 g/mol. The highest BCUT2D eigenvalue weighted by Gasteiger charge is 2.20. The second-order valence-corrected chi connectivity index (χ2v) is 6.20. The monoisotopic (exact) mass is 346 g/mol. The Labute approximate surface area is 136 Å². The Morgan fingerprint density at radius 2 is 1.95 bits per heavy atom. The molecule has 112 valence electrons. The number of rotatable bonds is 3. The van der Waals surface area contributed by atoms with E-state index in [0.717, 1.165) is 43.2 Å². The van der Waals surface area contributed by atoms with Gasteiger partial charge in [0, 0.05) is 37.6 Å². The van der Waals surface area contributed by atoms with E-state index in [0.29, 0.717) is 11.7 Å². The fraction of sp³-hybridized carbons (Fsp3) is 0.385. The van der Waals surface area contributed by atoms with E-state index in [-0.39, 0.29) is 5.02 Å². The quantitative estimate of drug-likeness (QED) is 0.797. The van der Waals surface area contributed by atoms with Crippen LogP contribution in [0.3, 0.4) is 0 Å². The van der Waals surface area contributed by atoms with Crippen molar-refractivity contribution >= 4 is 45.5 Å². The van der Waals surface area contributed by atoms with E-state index in [1.807, 2.05) is 5.38 Å². The Balaban J connectivity index is 1.65. The van der Waals surface area contributed by atoms with Crippen LogP contribution < -0.4 is 9.80 Å². The number of pyridine rings is 1. The van der Waals surface area contributed by atoms with Crippen LogP contribution in [0.4, 0.5) is 15.3 Å². The van der Waals surface area contributed by atoms with Gasteiger partial charge in [-0.1, -0.05) is 11.6 Å². The van der Waals surface area contributed by atoms with E-state index in [1.54, 1.807) is 17.4 Å². The molecule has 2 aromatic rings. The van der Waals surface area contributed by atoms with Gasteiger partial charge in [-0.05, 0) is 0 Å². The maximum Gasteiger partial charge on any atom is 0.185 e. The van der Waals surface area contributed by atoms with Crippen molar-refractivity contribution in [1.82, 2.24) is 9.97 Å². The first-order valence-corrected chi connectivity index (χ1v) is 8.28. The molecule has 8 heteroatoms. The molecule has 0 spiro atoms. The van der Waals surface area contributed by atoms with E-state index in [4.69, 9.17) is 23.2 Å². The second kappa shape index (κ2) is 6.34. The van der Waals surface area contributed by atoms with E-state index in [1.165, 1.54) is 0 Å². The molecular formula is C13H13Cl2FN4S. The van der Waals surface area contributed by atoms with Gasteiger partial charge in [0.25, 0.3) is 0 Å². The van der Waals surface area contributed by atoms with Gasteiger partial charge >= 0.3 is 0 Å². The number of thiazole rings is 1. The van der Waals surface area contributed by atoms with Gasteiger partial charge in [0.15, 0.2) is 10.9 Å². The molecule has 0 aliphatic carbocycles. The predicted molar refractivity (Wildman–Crippen MR) is 85.3 cm³/mol. The molecule has 2 aromatic heterocycles. The summed E-state index contributed by atoms with van der Waals surface area (Å²) < 4.78 is 13.1. The molecule has 4 nitrogen and oxygen atoms in total. The van der Waals surface area contributed by atoms with Crippen LogP contribution in [-0.2, 0) is 5.88 Å². The van der Waals surface area contributed by atoms with Crippen LogP contribution in [0.1, 0.15) is 5.69 Å². The Morgan fingerprint density at radius 1 is 1.24 bits per heavy atom. The van der Waals surface area contributed by atoms with E-state index >= 15 is 0 Å². The van der Waals surface area contributed by atoms with Crippen molar-refractivity contribution in [1.29, 1.82) is 0 Å². The normalized spacial score (nSPS) is 15.6. The summed E-state index contributed by atoms with van der Waals surface area (Å²) in [5.41, 5.74) is 0.908. The number of aromatic nitrogens is 2. The van der Waals surface area contributed by atoms with Gasteiger partial charge in [-0.25, -0.2) is 14.4 Å². The third-order valence-electron chi connectivity index (χ3n) is 3.34. The molecule has 1 saturated heterocycles. The lowest BCUT2D eigenvalue weighted by Crippen LogP contribution is -2.46. The zero-order chi connectivity index (χ0) is 14.8. The molecule has 21 heavy (non-hydrogen) atoms. The summed E-state index contributed by atoms with van der Waals surface area (Å²) in [5, 5.41) is 3.08. The van der Waals surface area contributed by atoms with Gasteiger partial charge < -0.3 is 9.80 Å². The molecule has 0 radical (unpaired) electrons. The van der Waals surface area contributed by atoms with Gasteiger partial charge in [0.1, 0.15) is 5.82 Å². The zero-order valence-corrected chi connectivity index (χ0v) is 13.4. The molecule has 0 aromatic carbocycles. The number of nitrogens with zero attached hydrogens (tertiary/aromatic N) is 4. The number of anilines is 2. The van der Waals surface area contributed by atoms with Gasteiger partial charge in [-0.3, -0.25) is 0 Å². The largest absolute Gasteiger partial charge is 0.353 e. The first-order chi connectivity index (χ1) is 10.2. The average Bonchev–Trinajstić information content (AvgIpc) is 2.99. The number of alkyl halides is 1. The van der Waals surface area contributed by atoms with Crippen LogP contribution in [0.15, 0.2) is 17.6 Å². The lowest BCUT2D eigenvalue weighted by molar-refractivity contribution is 0.615. The van der Waals surface area contributed by atoms with Crippen LogP contribution in [0, 0.1) is 5.82 Å². The zero-order valence-electron chi connectivity index (χ0n) is 11.1. The summed E-state index contributed by atoms with van der Waals surface area (Å²) in [7, 11) is 0. The number of hydrogen-bond acceptors (Lipinski definition) is 5. The molecular weight excluding hydrogens is 334 g/mol. The lowest BCUT2D eigenvalue weighted by atomic mass is 10.3. The minimum Gasteiger partial charge on any atom is -0.353 e. The molecule has 0 N–H and O–H groups in total. The highest BCUT2D eigenvalue weighted by Crippen LogP contribution is 2.25. The summed E-state index contributed by atoms with van der Waals surface area (Å²) >= 11 is 13.2.